The zero-order valence-corrected chi connectivity index (χ0v) is 17.2. The van der Waals surface area contributed by atoms with Gasteiger partial charge in [-0.25, -0.2) is 4.39 Å². The van der Waals surface area contributed by atoms with E-state index in [0.29, 0.717) is 23.5 Å². The van der Waals surface area contributed by atoms with E-state index in [1.807, 2.05) is 36.4 Å². The summed E-state index contributed by atoms with van der Waals surface area (Å²) in [5, 5.41) is 1.69. The van der Waals surface area contributed by atoms with Crippen molar-refractivity contribution in [1.29, 1.82) is 0 Å². The Morgan fingerprint density at radius 3 is 2.45 bits per heavy atom. The summed E-state index contributed by atoms with van der Waals surface area (Å²) in [4.78, 5) is 0. The Kier molecular flexibility index (Phi) is 5.99. The first-order valence-corrected chi connectivity index (χ1v) is 10.8. The maximum atomic E-state index is 15.3. The van der Waals surface area contributed by atoms with Gasteiger partial charge in [0.2, 0.25) is 0 Å². The van der Waals surface area contributed by atoms with E-state index in [4.69, 9.17) is 4.74 Å². The number of hydrogen-bond acceptors (Lipinski definition) is 1. The number of hydrogen-bond donors (Lipinski definition) is 0. The fourth-order valence-electron chi connectivity index (χ4n) is 4.58. The standard InChI is InChI=1S/C27H29FO/c1-3-17-29-24-13-9-21(10-14-24)25-16-12-23-18-22(11-15-26(23)27(25)28)20-7-5-19(4-2)6-8-20/h3,9-16,18-20H,1,4-8,17H2,2H3. The van der Waals surface area contributed by atoms with Crippen LogP contribution in [-0.2, 0) is 0 Å². The van der Waals surface area contributed by atoms with Crippen molar-refractivity contribution in [3.05, 3.63) is 78.6 Å². The van der Waals surface area contributed by atoms with Gasteiger partial charge in [-0.2, -0.15) is 0 Å². The van der Waals surface area contributed by atoms with Crippen molar-refractivity contribution in [3.8, 4) is 16.9 Å². The highest BCUT2D eigenvalue weighted by molar-refractivity contribution is 5.89. The molecule has 0 saturated heterocycles. The van der Waals surface area contributed by atoms with E-state index in [1.165, 1.54) is 37.7 Å². The second-order valence-corrected chi connectivity index (χ2v) is 8.16. The molecule has 0 atom stereocenters. The zero-order valence-electron chi connectivity index (χ0n) is 17.2. The molecule has 1 aliphatic carbocycles. The van der Waals surface area contributed by atoms with Gasteiger partial charge in [-0.3, -0.25) is 0 Å². The number of rotatable bonds is 6. The van der Waals surface area contributed by atoms with Crippen molar-refractivity contribution in [1.82, 2.24) is 0 Å². The SMILES string of the molecule is C=CCOc1ccc(-c2ccc3cc(C4CCC(CC)CC4)ccc3c2F)cc1. The third-order valence-corrected chi connectivity index (χ3v) is 6.41. The van der Waals surface area contributed by atoms with E-state index in [1.54, 1.807) is 6.08 Å². The zero-order chi connectivity index (χ0) is 20.2. The molecule has 2 heteroatoms. The van der Waals surface area contributed by atoms with Crippen LogP contribution in [0.3, 0.4) is 0 Å². The summed E-state index contributed by atoms with van der Waals surface area (Å²) in [5.41, 5.74) is 2.85. The molecule has 0 amide bonds. The molecule has 0 bridgehead atoms. The lowest BCUT2D eigenvalue weighted by Gasteiger charge is -2.28. The Balaban J connectivity index is 1.58. The Bertz CT molecular complexity index is 981. The molecule has 1 nitrogen and oxygen atoms in total. The van der Waals surface area contributed by atoms with Crippen molar-refractivity contribution < 1.29 is 9.13 Å². The summed E-state index contributed by atoms with van der Waals surface area (Å²) in [5.74, 6) is 2.12. The predicted molar refractivity (Wildman–Crippen MR) is 120 cm³/mol. The predicted octanol–water partition coefficient (Wildman–Crippen LogP) is 7.89. The van der Waals surface area contributed by atoms with E-state index < -0.39 is 0 Å². The van der Waals surface area contributed by atoms with Crippen LogP contribution in [0.4, 0.5) is 4.39 Å². The van der Waals surface area contributed by atoms with Crippen LogP contribution in [-0.4, -0.2) is 6.61 Å². The minimum absolute atomic E-state index is 0.150. The van der Waals surface area contributed by atoms with Crippen molar-refractivity contribution in [2.45, 2.75) is 44.9 Å². The summed E-state index contributed by atoms with van der Waals surface area (Å²) >= 11 is 0. The van der Waals surface area contributed by atoms with Gasteiger partial charge in [0.05, 0.1) is 0 Å². The Hall–Kier alpha value is -2.61. The summed E-state index contributed by atoms with van der Waals surface area (Å²) in [6.45, 7) is 6.41. The van der Waals surface area contributed by atoms with Crippen molar-refractivity contribution >= 4 is 10.8 Å². The summed E-state index contributed by atoms with van der Waals surface area (Å²) in [6.07, 6.45) is 8.15. The van der Waals surface area contributed by atoms with Gasteiger partial charge >= 0.3 is 0 Å². The molecule has 0 heterocycles. The molecule has 0 radical (unpaired) electrons. The van der Waals surface area contributed by atoms with Gasteiger partial charge in [0.1, 0.15) is 18.2 Å². The molecule has 0 aliphatic heterocycles. The summed E-state index contributed by atoms with van der Waals surface area (Å²) in [7, 11) is 0. The largest absolute Gasteiger partial charge is 0.490 e. The van der Waals surface area contributed by atoms with Crippen molar-refractivity contribution in [2.75, 3.05) is 6.61 Å². The second kappa shape index (κ2) is 8.82. The molecule has 29 heavy (non-hydrogen) atoms. The van der Waals surface area contributed by atoms with Gasteiger partial charge in [-0.15, -0.1) is 0 Å². The van der Waals surface area contributed by atoms with Crippen LogP contribution in [0.1, 0.15) is 50.5 Å². The first kappa shape index (κ1) is 19.7. The highest BCUT2D eigenvalue weighted by Gasteiger charge is 2.21. The maximum Gasteiger partial charge on any atom is 0.138 e. The normalized spacial score (nSPS) is 19.2. The van der Waals surface area contributed by atoms with Gasteiger partial charge in [-0.1, -0.05) is 68.5 Å². The Morgan fingerprint density at radius 1 is 1.00 bits per heavy atom. The Labute approximate surface area is 173 Å². The lowest BCUT2D eigenvalue weighted by Crippen LogP contribution is -2.12. The molecule has 150 valence electrons. The molecule has 0 aromatic heterocycles. The third kappa shape index (κ3) is 4.22. The molecule has 3 aromatic rings. The number of fused-ring (bicyclic) bond motifs is 1. The average Bonchev–Trinajstić information content (AvgIpc) is 2.78. The monoisotopic (exact) mass is 388 g/mol. The lowest BCUT2D eigenvalue weighted by molar-refractivity contribution is 0.319. The minimum Gasteiger partial charge on any atom is -0.490 e. The van der Waals surface area contributed by atoms with Crippen molar-refractivity contribution in [3.63, 3.8) is 0 Å². The van der Waals surface area contributed by atoms with Crippen LogP contribution in [0.2, 0.25) is 0 Å². The minimum atomic E-state index is -0.150. The van der Waals surface area contributed by atoms with E-state index in [0.717, 1.165) is 22.6 Å². The van der Waals surface area contributed by atoms with E-state index in [9.17, 15) is 0 Å². The molecule has 4 rings (SSSR count). The number of ether oxygens (including phenoxy) is 1. The molecular weight excluding hydrogens is 359 g/mol. The molecule has 0 unspecified atom stereocenters. The average molecular weight is 389 g/mol. The van der Waals surface area contributed by atoms with Gasteiger partial charge in [0, 0.05) is 10.9 Å². The first-order chi connectivity index (χ1) is 14.2. The van der Waals surface area contributed by atoms with Crippen molar-refractivity contribution in [2.24, 2.45) is 5.92 Å². The van der Waals surface area contributed by atoms with Crippen LogP contribution in [0.25, 0.3) is 21.9 Å². The highest BCUT2D eigenvalue weighted by Crippen LogP contribution is 2.38. The smallest absolute Gasteiger partial charge is 0.138 e. The quantitative estimate of drug-likeness (QED) is 0.390. The summed E-state index contributed by atoms with van der Waals surface area (Å²) in [6, 6.07) is 17.8. The third-order valence-electron chi connectivity index (χ3n) is 6.41. The maximum absolute atomic E-state index is 15.3. The second-order valence-electron chi connectivity index (χ2n) is 8.16. The Morgan fingerprint density at radius 2 is 1.76 bits per heavy atom. The van der Waals surface area contributed by atoms with Crippen LogP contribution in [0.15, 0.2) is 67.3 Å². The van der Waals surface area contributed by atoms with Gasteiger partial charge in [0.15, 0.2) is 0 Å². The molecule has 1 saturated carbocycles. The number of benzene rings is 3. The van der Waals surface area contributed by atoms with Crippen LogP contribution >= 0.6 is 0 Å². The fourth-order valence-corrected chi connectivity index (χ4v) is 4.58. The molecular formula is C27H29FO. The molecule has 1 aliphatic rings. The first-order valence-electron chi connectivity index (χ1n) is 10.8. The highest BCUT2D eigenvalue weighted by atomic mass is 19.1. The molecule has 3 aromatic carbocycles. The summed E-state index contributed by atoms with van der Waals surface area (Å²) < 4.78 is 20.8. The van der Waals surface area contributed by atoms with E-state index in [-0.39, 0.29) is 5.82 Å². The van der Waals surface area contributed by atoms with Gasteiger partial charge in [0.25, 0.3) is 0 Å². The van der Waals surface area contributed by atoms with Gasteiger partial charge < -0.3 is 4.74 Å². The lowest BCUT2D eigenvalue weighted by atomic mass is 9.77. The topological polar surface area (TPSA) is 9.23 Å². The molecule has 0 spiro atoms. The van der Waals surface area contributed by atoms with Gasteiger partial charge in [-0.05, 0) is 66.2 Å². The molecule has 0 N–H and O–H groups in total. The van der Waals surface area contributed by atoms with E-state index >= 15 is 4.39 Å². The molecule has 1 fully saturated rings. The van der Waals surface area contributed by atoms with Crippen LogP contribution < -0.4 is 4.74 Å². The number of halogens is 1. The van der Waals surface area contributed by atoms with Crippen LogP contribution in [0, 0.1) is 11.7 Å². The van der Waals surface area contributed by atoms with Crippen LogP contribution in [0.5, 0.6) is 5.75 Å². The fraction of sp³-hybridized carbons (Fsp3) is 0.333. The van der Waals surface area contributed by atoms with E-state index in [2.05, 4.69) is 31.7 Å².